The van der Waals surface area contributed by atoms with Crippen LogP contribution in [0.2, 0.25) is 0 Å². The van der Waals surface area contributed by atoms with Crippen molar-refractivity contribution in [3.05, 3.63) is 185 Å². The van der Waals surface area contributed by atoms with Gasteiger partial charge in [0.1, 0.15) is 0 Å². The van der Waals surface area contributed by atoms with E-state index in [2.05, 4.69) is 177 Å². The van der Waals surface area contributed by atoms with Crippen LogP contribution in [0.5, 0.6) is 0 Å². The van der Waals surface area contributed by atoms with Crippen LogP contribution < -0.4 is 4.90 Å². The average molecular weight is 850 g/mol. The molecule has 0 N–H and O–H groups in total. The fourth-order valence-electron chi connectivity index (χ4n) is 12.6. The molecule has 0 bridgehead atoms. The van der Waals surface area contributed by atoms with Gasteiger partial charge in [-0.15, -0.1) is 0 Å². The van der Waals surface area contributed by atoms with Crippen molar-refractivity contribution in [1.82, 2.24) is 0 Å². The molecular formula is C64H67N. The van der Waals surface area contributed by atoms with Gasteiger partial charge >= 0.3 is 0 Å². The van der Waals surface area contributed by atoms with E-state index in [-0.39, 0.29) is 5.41 Å². The molecule has 4 aliphatic carbocycles. The molecule has 65 heavy (non-hydrogen) atoms. The first-order valence-electron chi connectivity index (χ1n) is 25.5. The lowest BCUT2D eigenvalue weighted by atomic mass is 9.78. The molecule has 0 aromatic heterocycles. The quantitative estimate of drug-likeness (QED) is 0.140. The van der Waals surface area contributed by atoms with Crippen LogP contribution in [0.4, 0.5) is 17.1 Å². The molecule has 0 aliphatic heterocycles. The third-order valence-corrected chi connectivity index (χ3v) is 16.3. The summed E-state index contributed by atoms with van der Waals surface area (Å²) in [5, 5.41) is 0. The van der Waals surface area contributed by atoms with Crippen molar-refractivity contribution >= 4 is 17.1 Å². The highest BCUT2D eigenvalue weighted by molar-refractivity contribution is 5.87. The lowest BCUT2D eigenvalue weighted by molar-refractivity contribution is 0.435. The largest absolute Gasteiger partial charge is 0.310 e. The summed E-state index contributed by atoms with van der Waals surface area (Å²) in [6, 6.07) is 59.4. The van der Waals surface area contributed by atoms with Gasteiger partial charge in [-0.3, -0.25) is 0 Å². The maximum absolute atomic E-state index is 2.62. The van der Waals surface area contributed by atoms with Crippen LogP contribution in [0.25, 0.3) is 44.5 Å². The summed E-state index contributed by atoms with van der Waals surface area (Å²) in [4.78, 5) is 2.50. The minimum absolute atomic E-state index is 0.0927. The Balaban J connectivity index is 0.977. The molecule has 1 heteroatoms. The van der Waals surface area contributed by atoms with Gasteiger partial charge in [0, 0.05) is 22.5 Å². The third kappa shape index (κ3) is 8.42. The monoisotopic (exact) mass is 850 g/mol. The predicted molar refractivity (Wildman–Crippen MR) is 277 cm³/mol. The van der Waals surface area contributed by atoms with Crippen molar-refractivity contribution in [1.29, 1.82) is 0 Å². The molecule has 1 nitrogen and oxygen atoms in total. The number of hydrogen-bond acceptors (Lipinski definition) is 1. The van der Waals surface area contributed by atoms with Crippen LogP contribution in [-0.2, 0) is 5.41 Å². The third-order valence-electron chi connectivity index (χ3n) is 16.3. The lowest BCUT2D eigenvalue weighted by Crippen LogP contribution is -2.16. The molecule has 0 spiro atoms. The smallest absolute Gasteiger partial charge is 0.0470 e. The number of hydrogen-bond donors (Lipinski definition) is 0. The highest BCUT2D eigenvalue weighted by Crippen LogP contribution is 2.51. The van der Waals surface area contributed by atoms with E-state index in [9.17, 15) is 0 Å². The number of rotatable bonds is 9. The molecule has 0 unspecified atom stereocenters. The second-order valence-electron chi connectivity index (χ2n) is 20.9. The molecule has 0 atom stereocenters. The Kier molecular flexibility index (Phi) is 11.6. The van der Waals surface area contributed by atoms with E-state index in [1.54, 1.807) is 11.1 Å². The molecule has 0 heterocycles. The molecule has 0 saturated heterocycles. The van der Waals surface area contributed by atoms with Crippen LogP contribution in [0, 0.1) is 6.92 Å². The first-order valence-corrected chi connectivity index (χ1v) is 25.5. The first-order chi connectivity index (χ1) is 31.9. The van der Waals surface area contributed by atoms with Gasteiger partial charge < -0.3 is 4.90 Å². The van der Waals surface area contributed by atoms with Crippen molar-refractivity contribution in [2.24, 2.45) is 0 Å². The van der Waals surface area contributed by atoms with Gasteiger partial charge in [0.05, 0.1) is 0 Å². The summed E-state index contributed by atoms with van der Waals surface area (Å²) in [5.74, 6) is 2.11. The standard InChI is InChI=1S/C64H67N/c1-44-36-53(51-22-15-23-52(38-51)56-40-54(46-18-9-5-10-19-46)39-55(41-56)47-20-11-6-12-21-47)42-59(37-44)65(58-34-35-61-60-24-13-14-25-62(60)64(2,3)63(61)43-58)57-32-30-50(31-33-57)49-28-26-48(27-29-49)45-16-7-4-8-17-45/h13-15,22-43,45-47H,4-12,16-21H2,1-3H3. The minimum Gasteiger partial charge on any atom is -0.310 e. The maximum Gasteiger partial charge on any atom is 0.0470 e. The normalized spacial score (nSPS) is 17.7. The second kappa shape index (κ2) is 18.0. The Hall–Kier alpha value is -5.66. The highest BCUT2D eigenvalue weighted by atomic mass is 15.1. The molecule has 0 radical (unpaired) electrons. The molecule has 3 saturated carbocycles. The fourth-order valence-corrected chi connectivity index (χ4v) is 12.6. The van der Waals surface area contributed by atoms with Crippen molar-refractivity contribution in [3.8, 4) is 44.5 Å². The number of nitrogens with zero attached hydrogens (tertiary/aromatic N) is 1. The van der Waals surface area contributed by atoms with E-state index >= 15 is 0 Å². The van der Waals surface area contributed by atoms with E-state index in [1.807, 2.05) is 0 Å². The average Bonchev–Trinajstić information content (AvgIpc) is 3.60. The van der Waals surface area contributed by atoms with Gasteiger partial charge in [0.2, 0.25) is 0 Å². The summed E-state index contributed by atoms with van der Waals surface area (Å²) < 4.78 is 0. The summed E-state index contributed by atoms with van der Waals surface area (Å²) in [7, 11) is 0. The summed E-state index contributed by atoms with van der Waals surface area (Å²) in [6.45, 7) is 7.04. The zero-order chi connectivity index (χ0) is 43.9. The molecule has 0 amide bonds. The Bertz CT molecular complexity index is 2750. The minimum atomic E-state index is -0.0927. The summed E-state index contributed by atoms with van der Waals surface area (Å²) in [5.41, 5.74) is 22.7. The zero-order valence-corrected chi connectivity index (χ0v) is 39.2. The van der Waals surface area contributed by atoms with Crippen LogP contribution >= 0.6 is 0 Å². The van der Waals surface area contributed by atoms with Crippen molar-refractivity contribution in [2.45, 2.75) is 140 Å². The van der Waals surface area contributed by atoms with Gasteiger partial charge in [-0.25, -0.2) is 0 Å². The number of aryl methyl sites for hydroxylation is 1. The van der Waals surface area contributed by atoms with Gasteiger partial charge in [-0.1, -0.05) is 181 Å². The number of fused-ring (bicyclic) bond motifs is 3. The van der Waals surface area contributed by atoms with Gasteiger partial charge in [-0.05, 0) is 184 Å². The van der Waals surface area contributed by atoms with E-state index in [4.69, 9.17) is 0 Å². The molecule has 4 aliphatic rings. The number of benzene rings is 7. The Morgan fingerprint density at radius 2 is 0.877 bits per heavy atom. The summed E-state index contributed by atoms with van der Waals surface area (Å²) in [6.07, 6.45) is 20.4. The first kappa shape index (κ1) is 42.0. The molecule has 7 aromatic rings. The van der Waals surface area contributed by atoms with E-state index in [0.717, 1.165) is 5.92 Å². The highest BCUT2D eigenvalue weighted by Gasteiger charge is 2.36. The summed E-state index contributed by atoms with van der Waals surface area (Å²) >= 11 is 0. The van der Waals surface area contributed by atoms with Gasteiger partial charge in [-0.2, -0.15) is 0 Å². The lowest BCUT2D eigenvalue weighted by Gasteiger charge is -2.29. The van der Waals surface area contributed by atoms with Crippen LogP contribution in [0.1, 0.15) is 161 Å². The van der Waals surface area contributed by atoms with Gasteiger partial charge in [0.15, 0.2) is 0 Å². The van der Waals surface area contributed by atoms with E-state index in [0.29, 0.717) is 11.8 Å². The van der Waals surface area contributed by atoms with Crippen LogP contribution in [0.15, 0.2) is 152 Å². The molecule has 11 rings (SSSR count). The van der Waals surface area contributed by atoms with Crippen molar-refractivity contribution < 1.29 is 0 Å². The topological polar surface area (TPSA) is 3.24 Å². The zero-order valence-electron chi connectivity index (χ0n) is 39.2. The van der Waals surface area contributed by atoms with Crippen LogP contribution in [-0.4, -0.2) is 0 Å². The van der Waals surface area contributed by atoms with Crippen LogP contribution in [0.3, 0.4) is 0 Å². The molecule has 7 aromatic carbocycles. The Labute approximate surface area is 390 Å². The van der Waals surface area contributed by atoms with Gasteiger partial charge in [0.25, 0.3) is 0 Å². The fraction of sp³-hybridized carbons (Fsp3) is 0.344. The molecule has 3 fully saturated rings. The second-order valence-corrected chi connectivity index (χ2v) is 20.9. The van der Waals surface area contributed by atoms with Crippen molar-refractivity contribution in [2.75, 3.05) is 4.90 Å². The SMILES string of the molecule is Cc1cc(-c2cccc(-c3cc(C4CCCCC4)cc(C4CCCCC4)c3)c2)cc(N(c2ccc(-c3ccc(C4CCCCC4)cc3)cc2)c2ccc3c(c2)C(C)(C)c2ccccc2-3)c1. The maximum atomic E-state index is 2.62. The predicted octanol–water partition coefficient (Wildman–Crippen LogP) is 18.9. The Morgan fingerprint density at radius 1 is 0.354 bits per heavy atom. The van der Waals surface area contributed by atoms with Crippen molar-refractivity contribution in [3.63, 3.8) is 0 Å². The molecule has 328 valence electrons. The van der Waals surface area contributed by atoms with E-state index < -0.39 is 0 Å². The van der Waals surface area contributed by atoms with E-state index in [1.165, 1.54) is 180 Å². The Morgan fingerprint density at radius 3 is 1.49 bits per heavy atom. The number of anilines is 3. The molecular weight excluding hydrogens is 783 g/mol.